The van der Waals surface area contributed by atoms with Crippen LogP contribution in [0.1, 0.15) is 0 Å². The van der Waals surface area contributed by atoms with Gasteiger partial charge in [-0.3, -0.25) is 9.79 Å². The molecule has 5 nitrogen and oxygen atoms in total. The molecule has 0 aliphatic carbocycles. The van der Waals surface area contributed by atoms with Gasteiger partial charge in [-0.05, 0) is 18.2 Å². The van der Waals surface area contributed by atoms with Crippen LogP contribution in [0.2, 0.25) is 0 Å². The number of nitrogens with zero attached hydrogens (tertiary/aromatic N) is 1. The lowest BCUT2D eigenvalue weighted by molar-refractivity contribution is -0.115. The van der Waals surface area contributed by atoms with Gasteiger partial charge in [-0.2, -0.15) is 0 Å². The number of guanidine groups is 1. The molecule has 0 fully saturated rings. The van der Waals surface area contributed by atoms with Crippen molar-refractivity contribution in [2.24, 2.45) is 4.99 Å². The van der Waals surface area contributed by atoms with Crippen LogP contribution in [0.25, 0.3) is 0 Å². The van der Waals surface area contributed by atoms with E-state index in [1.807, 2.05) is 0 Å². The maximum atomic E-state index is 12.9. The van der Waals surface area contributed by atoms with Crippen LogP contribution in [0.4, 0.5) is 10.1 Å². The van der Waals surface area contributed by atoms with Crippen molar-refractivity contribution in [1.29, 1.82) is 0 Å². The molecule has 0 atom stereocenters. The molecular weight excluding hydrogens is 303 g/mol. The van der Waals surface area contributed by atoms with Gasteiger partial charge in [0, 0.05) is 12.2 Å². The standard InChI is InChI=1S/C11H13FN4O.BrH/c12-8-2-1-3-9(6-8)16-10(17)7-15-11-13-4-5-14-11;/h1-3,6H,4-5,7H2,(H,16,17)(H2,13,14,15);1H. The highest BCUT2D eigenvalue weighted by Crippen LogP contribution is 2.08. The highest BCUT2D eigenvalue weighted by Gasteiger charge is 2.07. The van der Waals surface area contributed by atoms with Gasteiger partial charge in [0.2, 0.25) is 5.91 Å². The Morgan fingerprint density at radius 2 is 2.33 bits per heavy atom. The molecule has 3 N–H and O–H groups in total. The fraction of sp³-hybridized carbons (Fsp3) is 0.273. The molecule has 0 radical (unpaired) electrons. The summed E-state index contributed by atoms with van der Waals surface area (Å²) in [4.78, 5) is 15.6. The molecular formula is C11H14BrFN4O. The molecule has 1 aliphatic heterocycles. The van der Waals surface area contributed by atoms with E-state index in [1.165, 1.54) is 12.1 Å². The van der Waals surface area contributed by atoms with Crippen LogP contribution in [0, 0.1) is 5.82 Å². The first-order valence-corrected chi connectivity index (χ1v) is 5.31. The van der Waals surface area contributed by atoms with Crippen LogP contribution in [-0.2, 0) is 4.79 Å². The van der Waals surface area contributed by atoms with Crippen molar-refractivity contribution in [3.05, 3.63) is 30.1 Å². The quantitative estimate of drug-likeness (QED) is 0.776. The van der Waals surface area contributed by atoms with Gasteiger partial charge in [0.05, 0.1) is 13.1 Å². The Labute approximate surface area is 115 Å². The van der Waals surface area contributed by atoms with E-state index in [0.717, 1.165) is 6.54 Å². The first kappa shape index (κ1) is 14.4. The zero-order valence-corrected chi connectivity index (χ0v) is 11.3. The van der Waals surface area contributed by atoms with E-state index in [0.29, 0.717) is 18.2 Å². The number of hydrogen-bond acceptors (Lipinski definition) is 4. The van der Waals surface area contributed by atoms with Crippen LogP contribution in [0.3, 0.4) is 0 Å². The van der Waals surface area contributed by atoms with E-state index in [1.54, 1.807) is 12.1 Å². The number of carbonyl (C=O) groups is 1. The van der Waals surface area contributed by atoms with Gasteiger partial charge in [0.15, 0.2) is 5.96 Å². The average Bonchev–Trinajstić information content (AvgIpc) is 2.79. The van der Waals surface area contributed by atoms with E-state index in [-0.39, 0.29) is 35.3 Å². The summed E-state index contributed by atoms with van der Waals surface area (Å²) in [6.45, 7) is 1.60. The summed E-state index contributed by atoms with van der Waals surface area (Å²) in [5, 5.41) is 8.42. The molecule has 2 rings (SSSR count). The molecule has 1 aromatic rings. The second kappa shape index (κ2) is 6.95. The monoisotopic (exact) mass is 316 g/mol. The number of aliphatic imine (C=N–C) groups is 1. The number of amides is 1. The normalized spacial score (nSPS) is 13.1. The van der Waals surface area contributed by atoms with E-state index < -0.39 is 0 Å². The van der Waals surface area contributed by atoms with Crippen LogP contribution in [0.5, 0.6) is 0 Å². The molecule has 0 saturated carbocycles. The highest BCUT2D eigenvalue weighted by molar-refractivity contribution is 8.93. The minimum absolute atomic E-state index is 0. The Hall–Kier alpha value is -1.63. The number of carbonyl (C=O) groups excluding carboxylic acids is 1. The third kappa shape index (κ3) is 4.33. The first-order valence-electron chi connectivity index (χ1n) is 5.31. The topological polar surface area (TPSA) is 65.5 Å². The molecule has 0 unspecified atom stereocenters. The zero-order chi connectivity index (χ0) is 12.1. The third-order valence-electron chi connectivity index (χ3n) is 2.20. The Morgan fingerprint density at radius 1 is 1.50 bits per heavy atom. The number of benzene rings is 1. The van der Waals surface area contributed by atoms with E-state index in [9.17, 15) is 9.18 Å². The number of halogens is 2. The SMILES string of the molecule is Br.O=C(CNC1=NCCN1)Nc1cccc(F)c1. The third-order valence-corrected chi connectivity index (χ3v) is 2.20. The van der Waals surface area contributed by atoms with Crippen molar-refractivity contribution in [2.45, 2.75) is 0 Å². The first-order chi connectivity index (χ1) is 8.24. The van der Waals surface area contributed by atoms with Crippen LogP contribution in [-0.4, -0.2) is 31.5 Å². The van der Waals surface area contributed by atoms with E-state index in [4.69, 9.17) is 0 Å². The zero-order valence-electron chi connectivity index (χ0n) is 9.57. The van der Waals surface area contributed by atoms with Crippen molar-refractivity contribution in [2.75, 3.05) is 25.0 Å². The summed E-state index contributed by atoms with van der Waals surface area (Å²) >= 11 is 0. The van der Waals surface area contributed by atoms with Crippen molar-refractivity contribution >= 4 is 34.5 Å². The fourth-order valence-electron chi connectivity index (χ4n) is 1.45. The minimum Gasteiger partial charge on any atom is -0.355 e. The number of nitrogens with one attached hydrogen (secondary N) is 3. The second-order valence-electron chi connectivity index (χ2n) is 3.57. The number of hydrogen-bond donors (Lipinski definition) is 3. The Morgan fingerprint density at radius 3 is 3.00 bits per heavy atom. The van der Waals surface area contributed by atoms with Gasteiger partial charge >= 0.3 is 0 Å². The smallest absolute Gasteiger partial charge is 0.243 e. The lowest BCUT2D eigenvalue weighted by atomic mass is 10.3. The maximum absolute atomic E-state index is 12.9. The van der Waals surface area contributed by atoms with Crippen LogP contribution in [0.15, 0.2) is 29.3 Å². The van der Waals surface area contributed by atoms with Crippen molar-refractivity contribution < 1.29 is 9.18 Å². The summed E-state index contributed by atoms with van der Waals surface area (Å²) in [5.41, 5.74) is 0.443. The molecule has 0 aromatic heterocycles. The largest absolute Gasteiger partial charge is 0.355 e. The van der Waals surface area contributed by atoms with Crippen molar-refractivity contribution in [3.8, 4) is 0 Å². The van der Waals surface area contributed by atoms with Crippen molar-refractivity contribution in [3.63, 3.8) is 0 Å². The molecule has 0 saturated heterocycles. The van der Waals surface area contributed by atoms with Gasteiger partial charge in [-0.1, -0.05) is 6.07 Å². The second-order valence-corrected chi connectivity index (χ2v) is 3.57. The van der Waals surface area contributed by atoms with E-state index in [2.05, 4.69) is 20.9 Å². The number of anilines is 1. The minimum atomic E-state index is -0.377. The molecule has 18 heavy (non-hydrogen) atoms. The molecule has 7 heteroatoms. The summed E-state index contributed by atoms with van der Waals surface area (Å²) in [6.07, 6.45) is 0. The summed E-state index contributed by atoms with van der Waals surface area (Å²) in [7, 11) is 0. The Kier molecular flexibility index (Phi) is 5.57. The van der Waals surface area contributed by atoms with Crippen LogP contribution < -0.4 is 16.0 Å². The number of rotatable bonds is 3. The molecule has 1 heterocycles. The summed E-state index contributed by atoms with van der Waals surface area (Å²) in [6, 6.07) is 5.77. The fourth-order valence-corrected chi connectivity index (χ4v) is 1.45. The Bertz CT molecular complexity index is 452. The maximum Gasteiger partial charge on any atom is 0.243 e. The van der Waals surface area contributed by atoms with Crippen molar-refractivity contribution in [1.82, 2.24) is 10.6 Å². The molecule has 1 aliphatic rings. The molecule has 0 spiro atoms. The summed E-state index contributed by atoms with van der Waals surface area (Å²) < 4.78 is 12.9. The Balaban J connectivity index is 0.00000162. The molecule has 1 amide bonds. The van der Waals surface area contributed by atoms with Gasteiger partial charge < -0.3 is 16.0 Å². The van der Waals surface area contributed by atoms with Gasteiger partial charge in [-0.15, -0.1) is 17.0 Å². The average molecular weight is 317 g/mol. The predicted molar refractivity (Wildman–Crippen MR) is 73.7 cm³/mol. The summed E-state index contributed by atoms with van der Waals surface area (Å²) in [5.74, 6) is 0.00369. The van der Waals surface area contributed by atoms with Gasteiger partial charge in [0.1, 0.15) is 5.82 Å². The molecule has 0 bridgehead atoms. The molecule has 1 aromatic carbocycles. The van der Waals surface area contributed by atoms with Gasteiger partial charge in [0.25, 0.3) is 0 Å². The molecule has 98 valence electrons. The lowest BCUT2D eigenvalue weighted by Gasteiger charge is -2.07. The van der Waals surface area contributed by atoms with Crippen LogP contribution >= 0.6 is 17.0 Å². The predicted octanol–water partition coefficient (Wildman–Crippen LogP) is 0.891. The lowest BCUT2D eigenvalue weighted by Crippen LogP contribution is -2.38. The van der Waals surface area contributed by atoms with E-state index >= 15 is 0 Å². The van der Waals surface area contributed by atoms with Gasteiger partial charge in [-0.25, -0.2) is 4.39 Å². The highest BCUT2D eigenvalue weighted by atomic mass is 79.9.